The third kappa shape index (κ3) is 4.16. The van der Waals surface area contributed by atoms with Crippen LogP contribution in [0.4, 0.5) is 5.69 Å². The minimum atomic E-state index is -0.796. The lowest BCUT2D eigenvalue weighted by Crippen LogP contribution is -2.42. The molecule has 8 heteroatoms. The molecule has 0 saturated carbocycles. The van der Waals surface area contributed by atoms with Crippen LogP contribution in [-0.4, -0.2) is 63.9 Å². The molecule has 1 aliphatic heterocycles. The van der Waals surface area contributed by atoms with Gasteiger partial charge in [0.05, 0.1) is 10.7 Å². The topological polar surface area (TPSA) is 82.5 Å². The molecule has 2 rings (SSSR count). The third-order valence-corrected chi connectivity index (χ3v) is 4.27. The lowest BCUT2D eigenvalue weighted by molar-refractivity contribution is 0.0766. The Labute approximate surface area is 125 Å². The van der Waals surface area contributed by atoms with E-state index >= 15 is 0 Å². The Hall–Kier alpha value is -1.18. The molecule has 6 nitrogen and oxygen atoms in total. The average molecular weight is 320 g/mol. The third-order valence-electron chi connectivity index (χ3n) is 2.79. The number of hydrogen-bond donors (Lipinski definition) is 2. The van der Waals surface area contributed by atoms with E-state index in [4.69, 9.17) is 16.7 Å². The van der Waals surface area contributed by atoms with Gasteiger partial charge in [0.25, 0.3) is 5.91 Å². The summed E-state index contributed by atoms with van der Waals surface area (Å²) in [6, 6.07) is 1.67. The van der Waals surface area contributed by atoms with Crippen LogP contribution in [0.1, 0.15) is 10.5 Å². The van der Waals surface area contributed by atoms with Gasteiger partial charge in [0, 0.05) is 55.7 Å². The highest BCUT2D eigenvalue weighted by molar-refractivity contribution is 7.85. The second-order valence-electron chi connectivity index (χ2n) is 3.94. The van der Waals surface area contributed by atoms with Crippen molar-refractivity contribution in [2.45, 2.75) is 0 Å². The number of hydrogen-bond acceptors (Lipinski definition) is 5. The second kappa shape index (κ2) is 8.18. The molecule has 0 aromatic carbocycles. The van der Waals surface area contributed by atoms with E-state index in [1.807, 2.05) is 0 Å². The zero-order valence-electron chi connectivity index (χ0n) is 11.4. The zero-order chi connectivity index (χ0) is 15.1. The van der Waals surface area contributed by atoms with Crippen molar-refractivity contribution in [3.8, 4) is 0 Å². The van der Waals surface area contributed by atoms with Gasteiger partial charge in [0.2, 0.25) is 0 Å². The summed E-state index contributed by atoms with van der Waals surface area (Å²) in [6.07, 6.45) is 1.46. The van der Waals surface area contributed by atoms with E-state index in [0.29, 0.717) is 41.0 Å². The first-order chi connectivity index (χ1) is 9.61. The van der Waals surface area contributed by atoms with E-state index in [0.717, 1.165) is 7.11 Å². The summed E-state index contributed by atoms with van der Waals surface area (Å²) in [5.74, 6) is 0.926. The number of pyridine rings is 1. The molecule has 1 aromatic heterocycles. The standard InChI is InChI=1S/C11H14ClN3O2S.CH4O/c1-13-9-6-8(12)7-14-10(9)11(16)15-2-4-18(17)5-3-15;1-2/h6-7,13H,2-5H2,1H3;2H,1H3. The molecule has 2 heterocycles. The highest BCUT2D eigenvalue weighted by Gasteiger charge is 2.24. The maximum absolute atomic E-state index is 12.3. The zero-order valence-corrected chi connectivity index (χ0v) is 13.0. The number of aliphatic hydroxyl groups excluding tert-OH is 1. The Morgan fingerprint density at radius 1 is 1.45 bits per heavy atom. The molecule has 0 bridgehead atoms. The number of nitrogens with one attached hydrogen (secondary N) is 1. The fraction of sp³-hybridized carbons (Fsp3) is 0.500. The Morgan fingerprint density at radius 2 is 2.05 bits per heavy atom. The van der Waals surface area contributed by atoms with Gasteiger partial charge < -0.3 is 15.3 Å². The fourth-order valence-corrected chi connectivity index (χ4v) is 3.00. The van der Waals surface area contributed by atoms with Gasteiger partial charge in [-0.2, -0.15) is 0 Å². The molecule has 2 N–H and O–H groups in total. The van der Waals surface area contributed by atoms with Crippen LogP contribution in [0.3, 0.4) is 0 Å². The van der Waals surface area contributed by atoms with Crippen molar-refractivity contribution in [3.05, 3.63) is 23.0 Å². The predicted molar refractivity (Wildman–Crippen MR) is 80.7 cm³/mol. The molecule has 0 aliphatic carbocycles. The number of rotatable bonds is 2. The van der Waals surface area contributed by atoms with E-state index in [1.54, 1.807) is 18.0 Å². The number of aromatic nitrogens is 1. The van der Waals surface area contributed by atoms with Crippen molar-refractivity contribution < 1.29 is 14.1 Å². The van der Waals surface area contributed by atoms with Crippen LogP contribution in [0.15, 0.2) is 12.3 Å². The number of anilines is 1. The number of carbonyl (C=O) groups is 1. The number of carbonyl (C=O) groups excluding carboxylic acids is 1. The Bertz CT molecular complexity index is 489. The minimum Gasteiger partial charge on any atom is -0.400 e. The largest absolute Gasteiger partial charge is 0.400 e. The predicted octanol–water partition coefficient (Wildman–Crippen LogP) is 0.590. The normalized spacial score (nSPS) is 15.3. The van der Waals surface area contributed by atoms with Crippen molar-refractivity contribution in [2.75, 3.05) is 44.1 Å². The summed E-state index contributed by atoms with van der Waals surface area (Å²) in [4.78, 5) is 18.0. The highest BCUT2D eigenvalue weighted by Crippen LogP contribution is 2.20. The quantitative estimate of drug-likeness (QED) is 0.833. The lowest BCUT2D eigenvalue weighted by atomic mass is 10.2. The van der Waals surface area contributed by atoms with Gasteiger partial charge >= 0.3 is 0 Å². The molecule has 0 atom stereocenters. The summed E-state index contributed by atoms with van der Waals surface area (Å²) in [7, 11) is 1.92. The van der Waals surface area contributed by atoms with Crippen molar-refractivity contribution >= 4 is 34.0 Å². The molecule has 20 heavy (non-hydrogen) atoms. The molecule has 1 aliphatic rings. The fourth-order valence-electron chi connectivity index (χ4n) is 1.79. The van der Waals surface area contributed by atoms with Crippen LogP contribution < -0.4 is 5.32 Å². The van der Waals surface area contributed by atoms with Crippen LogP contribution in [-0.2, 0) is 10.8 Å². The van der Waals surface area contributed by atoms with Gasteiger partial charge in [-0.1, -0.05) is 11.6 Å². The summed E-state index contributed by atoms with van der Waals surface area (Å²) < 4.78 is 11.3. The maximum atomic E-state index is 12.3. The van der Waals surface area contributed by atoms with Crippen molar-refractivity contribution in [3.63, 3.8) is 0 Å². The summed E-state index contributed by atoms with van der Waals surface area (Å²) in [5.41, 5.74) is 0.966. The van der Waals surface area contributed by atoms with Gasteiger partial charge in [0.1, 0.15) is 0 Å². The van der Waals surface area contributed by atoms with E-state index in [9.17, 15) is 9.00 Å². The van der Waals surface area contributed by atoms with E-state index in [2.05, 4.69) is 10.3 Å². The maximum Gasteiger partial charge on any atom is 0.274 e. The minimum absolute atomic E-state index is 0.146. The smallest absolute Gasteiger partial charge is 0.274 e. The molecular formula is C12H18ClN3O3S. The lowest BCUT2D eigenvalue weighted by Gasteiger charge is -2.26. The first kappa shape index (κ1) is 16.9. The number of nitrogens with zero attached hydrogens (tertiary/aromatic N) is 2. The van der Waals surface area contributed by atoms with Gasteiger partial charge in [-0.15, -0.1) is 0 Å². The SMILES string of the molecule is CNc1cc(Cl)cnc1C(=O)N1CCS(=O)CC1.CO. The summed E-state index contributed by atoms with van der Waals surface area (Å²) >= 11 is 5.84. The van der Waals surface area contributed by atoms with E-state index in [-0.39, 0.29) is 5.91 Å². The Morgan fingerprint density at radius 3 is 2.60 bits per heavy atom. The van der Waals surface area contributed by atoms with Crippen molar-refractivity contribution in [2.24, 2.45) is 0 Å². The van der Waals surface area contributed by atoms with Crippen LogP contribution in [0.25, 0.3) is 0 Å². The molecule has 1 aromatic rings. The van der Waals surface area contributed by atoms with Gasteiger partial charge in [0.15, 0.2) is 5.69 Å². The average Bonchev–Trinajstić information content (AvgIpc) is 2.49. The molecule has 112 valence electrons. The number of amides is 1. The van der Waals surface area contributed by atoms with E-state index < -0.39 is 10.8 Å². The highest BCUT2D eigenvalue weighted by atomic mass is 35.5. The monoisotopic (exact) mass is 319 g/mol. The van der Waals surface area contributed by atoms with Crippen molar-refractivity contribution in [1.82, 2.24) is 9.88 Å². The molecule has 0 spiro atoms. The summed E-state index contributed by atoms with van der Waals surface area (Å²) in [6.45, 7) is 1.03. The van der Waals surface area contributed by atoms with Crippen LogP contribution in [0.5, 0.6) is 0 Å². The molecule has 1 amide bonds. The Kier molecular flexibility index (Phi) is 6.90. The van der Waals surface area contributed by atoms with Crippen molar-refractivity contribution in [1.29, 1.82) is 0 Å². The molecule has 0 unspecified atom stereocenters. The molecule has 1 saturated heterocycles. The second-order valence-corrected chi connectivity index (χ2v) is 6.07. The first-order valence-corrected chi connectivity index (χ1v) is 7.90. The number of aliphatic hydroxyl groups is 1. The first-order valence-electron chi connectivity index (χ1n) is 6.04. The van der Waals surface area contributed by atoms with Crippen LogP contribution in [0.2, 0.25) is 5.02 Å². The van der Waals surface area contributed by atoms with Crippen LogP contribution >= 0.6 is 11.6 Å². The Balaban J connectivity index is 0.000000956. The number of halogens is 1. The van der Waals surface area contributed by atoms with Gasteiger partial charge in [-0.3, -0.25) is 9.00 Å². The van der Waals surface area contributed by atoms with Gasteiger partial charge in [-0.25, -0.2) is 4.98 Å². The van der Waals surface area contributed by atoms with E-state index in [1.165, 1.54) is 6.20 Å². The molecular weight excluding hydrogens is 302 g/mol. The molecule has 0 radical (unpaired) electrons. The van der Waals surface area contributed by atoms with Crippen LogP contribution in [0, 0.1) is 0 Å². The van der Waals surface area contributed by atoms with Gasteiger partial charge in [-0.05, 0) is 6.07 Å². The summed E-state index contributed by atoms with van der Waals surface area (Å²) in [5, 5.41) is 10.4. The molecule has 1 fully saturated rings.